The molecule has 48 heavy (non-hydrogen) atoms. The summed E-state index contributed by atoms with van der Waals surface area (Å²) in [6.45, 7) is 0. The SMILES string of the molecule is N#Cc1ccc(-c2ccc3c4c(cccc24)-c2c-3c(-c3ccc4ccccc4c3)c3ccccc3c2-c2ccc3ccccc3c2)cc1. The van der Waals surface area contributed by atoms with Crippen molar-refractivity contribution in [1.82, 2.24) is 0 Å². The van der Waals surface area contributed by atoms with Gasteiger partial charge in [-0.05, 0) is 123 Å². The largest absolute Gasteiger partial charge is 0.192 e. The minimum Gasteiger partial charge on any atom is -0.192 e. The third kappa shape index (κ3) is 3.84. The molecule has 0 spiro atoms. The van der Waals surface area contributed by atoms with Crippen LogP contribution in [0.15, 0.2) is 164 Å². The molecule has 9 aromatic carbocycles. The highest BCUT2D eigenvalue weighted by Crippen LogP contribution is 2.58. The van der Waals surface area contributed by atoms with E-state index in [0.717, 1.165) is 5.56 Å². The third-order valence-electron chi connectivity index (χ3n) is 10.2. The smallest absolute Gasteiger partial charge is 0.0991 e. The fourth-order valence-corrected chi connectivity index (χ4v) is 8.07. The van der Waals surface area contributed by atoms with Gasteiger partial charge in [0, 0.05) is 0 Å². The summed E-state index contributed by atoms with van der Waals surface area (Å²) in [6, 6.07) is 61.6. The van der Waals surface area contributed by atoms with Crippen molar-refractivity contribution in [3.05, 3.63) is 169 Å². The van der Waals surface area contributed by atoms with Crippen molar-refractivity contribution in [1.29, 1.82) is 5.26 Å². The molecule has 0 amide bonds. The second-order valence-corrected chi connectivity index (χ2v) is 12.7. The molecule has 0 bridgehead atoms. The molecule has 220 valence electrons. The van der Waals surface area contributed by atoms with Gasteiger partial charge in [-0.3, -0.25) is 0 Å². The second-order valence-electron chi connectivity index (χ2n) is 12.7. The first-order chi connectivity index (χ1) is 23.8. The second kappa shape index (κ2) is 10.3. The molecule has 1 aliphatic carbocycles. The number of nitriles is 1. The van der Waals surface area contributed by atoms with E-state index < -0.39 is 0 Å². The maximum Gasteiger partial charge on any atom is 0.0991 e. The fraction of sp³-hybridized carbons (Fsp3) is 0. The third-order valence-corrected chi connectivity index (χ3v) is 10.2. The fourth-order valence-electron chi connectivity index (χ4n) is 8.07. The monoisotopic (exact) mass is 605 g/mol. The molecule has 0 N–H and O–H groups in total. The summed E-state index contributed by atoms with van der Waals surface area (Å²) in [4.78, 5) is 0. The Morgan fingerprint density at radius 1 is 0.333 bits per heavy atom. The Morgan fingerprint density at radius 2 is 0.812 bits per heavy atom. The first-order valence-corrected chi connectivity index (χ1v) is 16.4. The van der Waals surface area contributed by atoms with Gasteiger partial charge >= 0.3 is 0 Å². The van der Waals surface area contributed by atoms with Gasteiger partial charge in [0.1, 0.15) is 0 Å². The Hall–Kier alpha value is -6.49. The van der Waals surface area contributed by atoms with E-state index >= 15 is 0 Å². The number of benzene rings is 9. The Bertz CT molecular complexity index is 2700. The summed E-state index contributed by atoms with van der Waals surface area (Å²) in [5.74, 6) is 0. The zero-order valence-electron chi connectivity index (χ0n) is 26.0. The first-order valence-electron chi connectivity index (χ1n) is 16.4. The minimum atomic E-state index is 0.670. The van der Waals surface area contributed by atoms with Gasteiger partial charge < -0.3 is 0 Å². The average molecular weight is 606 g/mol. The molecule has 1 heteroatoms. The van der Waals surface area contributed by atoms with E-state index in [1.54, 1.807) is 0 Å². The van der Waals surface area contributed by atoms with Crippen molar-refractivity contribution < 1.29 is 0 Å². The van der Waals surface area contributed by atoms with Gasteiger partial charge in [0.15, 0.2) is 0 Å². The van der Waals surface area contributed by atoms with Gasteiger partial charge in [0.05, 0.1) is 11.6 Å². The Balaban J connectivity index is 1.36. The van der Waals surface area contributed by atoms with Crippen LogP contribution in [-0.4, -0.2) is 0 Å². The van der Waals surface area contributed by atoms with Crippen LogP contribution in [-0.2, 0) is 0 Å². The molecule has 0 fully saturated rings. The Labute approximate surface area is 278 Å². The van der Waals surface area contributed by atoms with Crippen LogP contribution in [0.2, 0.25) is 0 Å². The lowest BCUT2D eigenvalue weighted by Crippen LogP contribution is -1.94. The number of fused-ring (bicyclic) bond motifs is 6. The quantitative estimate of drug-likeness (QED) is 0.197. The Kier molecular flexibility index (Phi) is 5.71. The lowest BCUT2D eigenvalue weighted by molar-refractivity contribution is 1.48. The van der Waals surface area contributed by atoms with Crippen molar-refractivity contribution in [2.75, 3.05) is 0 Å². The van der Waals surface area contributed by atoms with Gasteiger partial charge in [-0.1, -0.05) is 140 Å². The highest BCUT2D eigenvalue weighted by atomic mass is 14.3. The molecular weight excluding hydrogens is 579 g/mol. The van der Waals surface area contributed by atoms with Crippen molar-refractivity contribution in [3.8, 4) is 61.7 Å². The summed E-state index contributed by atoms with van der Waals surface area (Å²) >= 11 is 0. The number of rotatable bonds is 3. The standard InChI is InChI=1S/C47H27N/c48-28-29-16-18-32(19-17-29)37-24-25-42-45-38(37)14-7-15-41(45)46-43(35-22-20-30-8-1-3-10-33(30)26-35)39-12-5-6-13-40(39)44(47(42)46)36-23-21-31-9-2-4-11-34(31)27-36/h1-27H. The van der Waals surface area contributed by atoms with Gasteiger partial charge in [-0.25, -0.2) is 0 Å². The summed E-state index contributed by atoms with van der Waals surface area (Å²) < 4.78 is 0. The molecule has 0 aliphatic heterocycles. The van der Waals surface area contributed by atoms with E-state index in [1.165, 1.54) is 93.2 Å². The molecule has 0 atom stereocenters. The topological polar surface area (TPSA) is 23.8 Å². The van der Waals surface area contributed by atoms with Gasteiger partial charge in [-0.15, -0.1) is 0 Å². The van der Waals surface area contributed by atoms with Crippen molar-refractivity contribution >= 4 is 43.1 Å². The van der Waals surface area contributed by atoms with Crippen molar-refractivity contribution in [2.45, 2.75) is 0 Å². The van der Waals surface area contributed by atoms with Crippen LogP contribution in [0.3, 0.4) is 0 Å². The van der Waals surface area contributed by atoms with Crippen LogP contribution in [0.5, 0.6) is 0 Å². The molecule has 0 unspecified atom stereocenters. The summed E-state index contributed by atoms with van der Waals surface area (Å²) in [5, 5.41) is 19.4. The normalized spacial score (nSPS) is 11.7. The minimum absolute atomic E-state index is 0.670. The van der Waals surface area contributed by atoms with Gasteiger partial charge in [0.2, 0.25) is 0 Å². The van der Waals surface area contributed by atoms with E-state index in [4.69, 9.17) is 0 Å². The van der Waals surface area contributed by atoms with Crippen LogP contribution >= 0.6 is 0 Å². The van der Waals surface area contributed by atoms with Crippen LogP contribution in [0.4, 0.5) is 0 Å². The number of nitrogens with zero attached hydrogens (tertiary/aromatic N) is 1. The predicted molar refractivity (Wildman–Crippen MR) is 202 cm³/mol. The lowest BCUT2D eigenvalue weighted by atomic mass is 9.82. The van der Waals surface area contributed by atoms with Gasteiger partial charge in [-0.2, -0.15) is 5.26 Å². The molecule has 9 aromatic rings. The average Bonchev–Trinajstić information content (AvgIpc) is 3.48. The first kappa shape index (κ1) is 26.7. The highest BCUT2D eigenvalue weighted by molar-refractivity contribution is 6.29. The van der Waals surface area contributed by atoms with Crippen LogP contribution < -0.4 is 0 Å². The van der Waals surface area contributed by atoms with E-state index in [0.29, 0.717) is 5.56 Å². The molecule has 10 rings (SSSR count). The predicted octanol–water partition coefficient (Wildman–Crippen LogP) is 12.8. The number of hydrogen-bond acceptors (Lipinski definition) is 1. The zero-order valence-corrected chi connectivity index (χ0v) is 26.0. The molecule has 1 nitrogen and oxygen atoms in total. The molecule has 0 aromatic heterocycles. The summed E-state index contributed by atoms with van der Waals surface area (Å²) in [7, 11) is 0. The number of hydrogen-bond donors (Lipinski definition) is 0. The van der Waals surface area contributed by atoms with Crippen LogP contribution in [0.1, 0.15) is 5.56 Å². The van der Waals surface area contributed by atoms with Gasteiger partial charge in [0.25, 0.3) is 0 Å². The summed E-state index contributed by atoms with van der Waals surface area (Å²) in [6.07, 6.45) is 0. The molecule has 0 saturated heterocycles. The van der Waals surface area contributed by atoms with Crippen LogP contribution in [0, 0.1) is 11.3 Å². The Morgan fingerprint density at radius 3 is 1.40 bits per heavy atom. The molecule has 1 aliphatic rings. The van der Waals surface area contributed by atoms with Crippen molar-refractivity contribution in [2.24, 2.45) is 0 Å². The molecular formula is C47H27N. The lowest BCUT2D eigenvalue weighted by Gasteiger charge is -2.21. The molecule has 0 heterocycles. The summed E-state index contributed by atoms with van der Waals surface area (Å²) in [5.41, 5.74) is 13.1. The van der Waals surface area contributed by atoms with Crippen LogP contribution in [0.25, 0.3) is 98.7 Å². The zero-order chi connectivity index (χ0) is 31.8. The van der Waals surface area contributed by atoms with E-state index in [1.807, 2.05) is 12.1 Å². The van der Waals surface area contributed by atoms with E-state index in [2.05, 4.69) is 158 Å². The molecule has 0 radical (unpaired) electrons. The molecule has 0 saturated carbocycles. The highest BCUT2D eigenvalue weighted by Gasteiger charge is 2.31. The maximum absolute atomic E-state index is 9.44. The van der Waals surface area contributed by atoms with Crippen molar-refractivity contribution in [3.63, 3.8) is 0 Å². The maximum atomic E-state index is 9.44. The van der Waals surface area contributed by atoms with E-state index in [9.17, 15) is 5.26 Å². The van der Waals surface area contributed by atoms with E-state index in [-0.39, 0.29) is 0 Å².